The molecule has 4 aromatic heterocycles. The molecule has 0 saturated heterocycles. The molecular weight excluding hydrogens is 392 g/mol. The van der Waals surface area contributed by atoms with Gasteiger partial charge < -0.3 is 15.4 Å². The van der Waals surface area contributed by atoms with Gasteiger partial charge in [-0.05, 0) is 35.7 Å². The van der Waals surface area contributed by atoms with Crippen molar-refractivity contribution in [3.8, 4) is 11.1 Å². The Kier molecular flexibility index (Phi) is 6.03. The standard InChI is InChI=1S/C22H26N8O/c1-14(2)15-10-21(28-25-12-15)27-20-6-5-18-19(26-20)9-16(11-24-18)17-13-30(3)29-22(17)23-7-8-31-4/h5-6,9-14H,7-8H2,1-4H3,(H,23,29)(H,26,27,28). The summed E-state index contributed by atoms with van der Waals surface area (Å²) in [5.41, 5.74) is 4.61. The minimum Gasteiger partial charge on any atom is -0.383 e. The average Bonchev–Trinajstić information content (AvgIpc) is 3.14. The molecule has 2 N–H and O–H groups in total. The number of methoxy groups -OCH3 is 1. The van der Waals surface area contributed by atoms with E-state index in [0.29, 0.717) is 30.7 Å². The van der Waals surface area contributed by atoms with Crippen molar-refractivity contribution in [3.63, 3.8) is 0 Å². The first-order valence-corrected chi connectivity index (χ1v) is 10.2. The van der Waals surface area contributed by atoms with Crippen LogP contribution in [0.4, 0.5) is 17.5 Å². The molecule has 160 valence electrons. The highest BCUT2D eigenvalue weighted by Gasteiger charge is 2.12. The Hall–Kier alpha value is -3.59. The van der Waals surface area contributed by atoms with Crippen LogP contribution in [0.25, 0.3) is 22.2 Å². The quantitative estimate of drug-likeness (QED) is 0.417. The summed E-state index contributed by atoms with van der Waals surface area (Å²) in [4.78, 5) is 9.32. The number of aromatic nitrogens is 6. The number of hydrogen-bond donors (Lipinski definition) is 2. The van der Waals surface area contributed by atoms with Gasteiger partial charge in [0.1, 0.15) is 5.82 Å². The van der Waals surface area contributed by atoms with Gasteiger partial charge in [0.15, 0.2) is 11.6 Å². The van der Waals surface area contributed by atoms with Crippen molar-refractivity contribution >= 4 is 28.5 Å². The third-order valence-corrected chi connectivity index (χ3v) is 4.87. The van der Waals surface area contributed by atoms with E-state index in [1.807, 2.05) is 43.7 Å². The number of nitrogens with zero attached hydrogens (tertiary/aromatic N) is 6. The summed E-state index contributed by atoms with van der Waals surface area (Å²) in [6.45, 7) is 5.52. The lowest BCUT2D eigenvalue weighted by atomic mass is 10.1. The van der Waals surface area contributed by atoms with Gasteiger partial charge >= 0.3 is 0 Å². The molecule has 0 aliphatic heterocycles. The maximum absolute atomic E-state index is 5.12. The molecule has 0 saturated carbocycles. The Morgan fingerprint density at radius 1 is 1.10 bits per heavy atom. The van der Waals surface area contributed by atoms with E-state index in [9.17, 15) is 0 Å². The van der Waals surface area contributed by atoms with Crippen LogP contribution in [0.3, 0.4) is 0 Å². The summed E-state index contributed by atoms with van der Waals surface area (Å²) in [6.07, 6.45) is 5.59. The highest BCUT2D eigenvalue weighted by atomic mass is 16.5. The fraction of sp³-hybridized carbons (Fsp3) is 0.318. The maximum atomic E-state index is 5.12. The van der Waals surface area contributed by atoms with Crippen LogP contribution < -0.4 is 10.6 Å². The van der Waals surface area contributed by atoms with Gasteiger partial charge in [-0.15, -0.1) is 5.10 Å². The van der Waals surface area contributed by atoms with E-state index in [4.69, 9.17) is 9.72 Å². The first-order valence-electron chi connectivity index (χ1n) is 10.2. The zero-order valence-electron chi connectivity index (χ0n) is 18.1. The molecule has 0 aromatic carbocycles. The van der Waals surface area contributed by atoms with Gasteiger partial charge in [0.25, 0.3) is 0 Å². The molecule has 9 heteroatoms. The lowest BCUT2D eigenvalue weighted by Crippen LogP contribution is -2.08. The zero-order chi connectivity index (χ0) is 21.8. The van der Waals surface area contributed by atoms with Crippen LogP contribution in [0, 0.1) is 0 Å². The molecule has 4 rings (SSSR count). The van der Waals surface area contributed by atoms with E-state index in [1.54, 1.807) is 18.0 Å². The van der Waals surface area contributed by atoms with Crippen LogP contribution in [0.5, 0.6) is 0 Å². The topological polar surface area (TPSA) is 103 Å². The number of aryl methyl sites for hydroxylation is 1. The molecule has 0 atom stereocenters. The highest BCUT2D eigenvalue weighted by molar-refractivity contribution is 5.84. The first-order chi connectivity index (χ1) is 15.0. The van der Waals surface area contributed by atoms with Crippen molar-refractivity contribution in [1.29, 1.82) is 0 Å². The van der Waals surface area contributed by atoms with Gasteiger partial charge in [0.05, 0.1) is 23.8 Å². The second-order valence-electron chi connectivity index (χ2n) is 7.60. The number of hydrogen-bond acceptors (Lipinski definition) is 8. The molecular formula is C22H26N8O. The van der Waals surface area contributed by atoms with Crippen molar-refractivity contribution in [3.05, 3.63) is 48.4 Å². The average molecular weight is 419 g/mol. The van der Waals surface area contributed by atoms with Crippen molar-refractivity contribution in [1.82, 2.24) is 29.9 Å². The Bertz CT molecular complexity index is 1190. The molecule has 0 aliphatic carbocycles. The van der Waals surface area contributed by atoms with Crippen LogP contribution in [0.1, 0.15) is 25.3 Å². The van der Waals surface area contributed by atoms with E-state index in [-0.39, 0.29) is 0 Å². The van der Waals surface area contributed by atoms with Crippen LogP contribution in [0.15, 0.2) is 42.9 Å². The second-order valence-corrected chi connectivity index (χ2v) is 7.60. The molecule has 0 fully saturated rings. The summed E-state index contributed by atoms with van der Waals surface area (Å²) in [6, 6.07) is 7.84. The van der Waals surface area contributed by atoms with Crippen LogP contribution in [-0.4, -0.2) is 50.2 Å². The third kappa shape index (κ3) is 4.77. The van der Waals surface area contributed by atoms with Crippen LogP contribution in [-0.2, 0) is 11.8 Å². The van der Waals surface area contributed by atoms with Gasteiger partial charge in [-0.3, -0.25) is 9.67 Å². The molecule has 0 amide bonds. The molecule has 0 radical (unpaired) electrons. The summed E-state index contributed by atoms with van der Waals surface area (Å²) in [7, 11) is 3.57. The zero-order valence-corrected chi connectivity index (χ0v) is 18.1. The van der Waals surface area contributed by atoms with E-state index in [1.165, 1.54) is 0 Å². The maximum Gasteiger partial charge on any atom is 0.156 e. The largest absolute Gasteiger partial charge is 0.383 e. The smallest absolute Gasteiger partial charge is 0.156 e. The van der Waals surface area contributed by atoms with Gasteiger partial charge in [-0.2, -0.15) is 10.2 Å². The predicted octanol–water partition coefficient (Wildman–Crippen LogP) is 3.75. The monoisotopic (exact) mass is 418 g/mol. The molecule has 0 aliphatic rings. The third-order valence-electron chi connectivity index (χ3n) is 4.87. The first kappa shape index (κ1) is 20.7. The van der Waals surface area contributed by atoms with Crippen molar-refractivity contribution in [2.75, 3.05) is 30.9 Å². The van der Waals surface area contributed by atoms with Gasteiger partial charge in [-0.1, -0.05) is 13.8 Å². The number of fused-ring (bicyclic) bond motifs is 1. The van der Waals surface area contributed by atoms with Crippen LogP contribution >= 0.6 is 0 Å². The molecule has 4 aromatic rings. The van der Waals surface area contributed by atoms with Crippen molar-refractivity contribution in [2.45, 2.75) is 19.8 Å². The summed E-state index contributed by atoms with van der Waals surface area (Å²) >= 11 is 0. The van der Waals surface area contributed by atoms with Gasteiger partial charge in [0, 0.05) is 44.2 Å². The Balaban J connectivity index is 1.63. The van der Waals surface area contributed by atoms with E-state index < -0.39 is 0 Å². The van der Waals surface area contributed by atoms with Gasteiger partial charge in [0.2, 0.25) is 0 Å². The molecule has 9 nitrogen and oxygen atoms in total. The number of rotatable bonds is 8. The summed E-state index contributed by atoms with van der Waals surface area (Å²) < 4.78 is 6.90. The Morgan fingerprint density at radius 3 is 2.77 bits per heavy atom. The number of ether oxygens (including phenoxy) is 1. The number of pyridine rings is 2. The molecule has 4 heterocycles. The summed E-state index contributed by atoms with van der Waals surface area (Å²) in [5, 5.41) is 19.3. The van der Waals surface area contributed by atoms with E-state index in [0.717, 1.165) is 33.5 Å². The van der Waals surface area contributed by atoms with Crippen LogP contribution in [0.2, 0.25) is 0 Å². The lowest BCUT2D eigenvalue weighted by molar-refractivity contribution is 0.210. The second kappa shape index (κ2) is 9.05. The molecule has 0 spiro atoms. The van der Waals surface area contributed by atoms with Crippen molar-refractivity contribution < 1.29 is 4.74 Å². The highest BCUT2D eigenvalue weighted by Crippen LogP contribution is 2.28. The minimum absolute atomic E-state index is 0.374. The fourth-order valence-corrected chi connectivity index (χ4v) is 3.22. The minimum atomic E-state index is 0.374. The molecule has 31 heavy (non-hydrogen) atoms. The van der Waals surface area contributed by atoms with E-state index in [2.05, 4.69) is 44.8 Å². The SMILES string of the molecule is COCCNc1nn(C)cc1-c1cnc2ccc(Nc3cc(C(C)C)cnn3)nc2c1. The summed E-state index contributed by atoms with van der Waals surface area (Å²) in [5.74, 6) is 2.51. The van der Waals surface area contributed by atoms with Crippen molar-refractivity contribution in [2.24, 2.45) is 7.05 Å². The number of nitrogens with one attached hydrogen (secondary N) is 2. The predicted molar refractivity (Wildman–Crippen MR) is 122 cm³/mol. The normalized spacial score (nSPS) is 11.3. The number of anilines is 3. The Morgan fingerprint density at radius 2 is 1.97 bits per heavy atom. The van der Waals surface area contributed by atoms with E-state index >= 15 is 0 Å². The molecule has 0 unspecified atom stereocenters. The fourth-order valence-electron chi connectivity index (χ4n) is 3.22. The van der Waals surface area contributed by atoms with Gasteiger partial charge in [-0.25, -0.2) is 4.98 Å². The Labute approximate surface area is 180 Å². The lowest BCUT2D eigenvalue weighted by Gasteiger charge is -2.09. The molecule has 0 bridgehead atoms.